The van der Waals surface area contributed by atoms with Crippen LogP contribution in [0, 0.1) is 5.92 Å². The molecule has 1 unspecified atom stereocenters. The molecule has 98 valence electrons. The highest BCUT2D eigenvalue weighted by Crippen LogP contribution is 2.20. The van der Waals surface area contributed by atoms with Crippen molar-refractivity contribution in [3.05, 3.63) is 0 Å². The first-order chi connectivity index (χ1) is 7.85. The SMILES string of the molecule is CCN(CCC(N)=S)C(=O)C1CCS(=O)(=O)C1. The van der Waals surface area contributed by atoms with Gasteiger partial charge in [-0.15, -0.1) is 0 Å². The fourth-order valence-corrected chi connectivity index (χ4v) is 3.74. The van der Waals surface area contributed by atoms with Crippen LogP contribution in [0.3, 0.4) is 0 Å². The van der Waals surface area contributed by atoms with Crippen LogP contribution in [0.5, 0.6) is 0 Å². The standard InChI is InChI=1S/C10H18N2O3S2/c1-2-12(5-3-9(11)16)10(13)8-4-6-17(14,15)7-8/h8H,2-7H2,1H3,(H2,11,16). The first-order valence-corrected chi connectivity index (χ1v) is 7.86. The van der Waals surface area contributed by atoms with Gasteiger partial charge >= 0.3 is 0 Å². The Balaban J connectivity index is 2.58. The van der Waals surface area contributed by atoms with Crippen LogP contribution in [-0.4, -0.2) is 48.8 Å². The first-order valence-electron chi connectivity index (χ1n) is 5.63. The van der Waals surface area contributed by atoms with E-state index in [1.165, 1.54) is 0 Å². The second kappa shape index (κ2) is 5.77. The largest absolute Gasteiger partial charge is 0.393 e. The molecule has 0 aromatic rings. The van der Waals surface area contributed by atoms with E-state index in [0.717, 1.165) is 0 Å². The average molecular weight is 278 g/mol. The summed E-state index contributed by atoms with van der Waals surface area (Å²) < 4.78 is 22.6. The predicted molar refractivity (Wildman–Crippen MR) is 70.4 cm³/mol. The third-order valence-corrected chi connectivity index (χ3v) is 4.88. The van der Waals surface area contributed by atoms with E-state index < -0.39 is 9.84 Å². The Labute approximate surface area is 107 Å². The van der Waals surface area contributed by atoms with Crippen LogP contribution >= 0.6 is 12.2 Å². The molecule has 1 amide bonds. The van der Waals surface area contributed by atoms with Crippen LogP contribution in [0.2, 0.25) is 0 Å². The number of carbonyl (C=O) groups excluding carboxylic acids is 1. The van der Waals surface area contributed by atoms with Crippen molar-refractivity contribution >= 4 is 33.0 Å². The molecule has 1 saturated heterocycles. The molecule has 1 rings (SSSR count). The lowest BCUT2D eigenvalue weighted by Crippen LogP contribution is -2.38. The van der Waals surface area contributed by atoms with Crippen LogP contribution in [0.1, 0.15) is 19.8 Å². The van der Waals surface area contributed by atoms with Crippen molar-refractivity contribution in [2.75, 3.05) is 24.6 Å². The molecule has 2 N–H and O–H groups in total. The van der Waals surface area contributed by atoms with E-state index in [0.29, 0.717) is 30.9 Å². The van der Waals surface area contributed by atoms with E-state index in [2.05, 4.69) is 0 Å². The molecule has 5 nitrogen and oxygen atoms in total. The van der Waals surface area contributed by atoms with Gasteiger partial charge in [-0.1, -0.05) is 12.2 Å². The van der Waals surface area contributed by atoms with Crippen LogP contribution in [0.15, 0.2) is 0 Å². The highest BCUT2D eigenvalue weighted by Gasteiger charge is 2.34. The quantitative estimate of drug-likeness (QED) is 0.713. The summed E-state index contributed by atoms with van der Waals surface area (Å²) in [7, 11) is -3.01. The molecule has 1 heterocycles. The van der Waals surface area contributed by atoms with Crippen LogP contribution < -0.4 is 5.73 Å². The predicted octanol–water partition coefficient (Wildman–Crippen LogP) is -0.0542. The third-order valence-electron chi connectivity index (χ3n) is 2.90. The minimum absolute atomic E-state index is 0.0184. The molecule has 17 heavy (non-hydrogen) atoms. The van der Waals surface area contributed by atoms with Crippen LogP contribution in [0.4, 0.5) is 0 Å². The van der Waals surface area contributed by atoms with Gasteiger partial charge in [-0.2, -0.15) is 0 Å². The molecule has 0 aromatic carbocycles. The van der Waals surface area contributed by atoms with E-state index in [9.17, 15) is 13.2 Å². The van der Waals surface area contributed by atoms with Gasteiger partial charge in [-0.3, -0.25) is 4.79 Å². The lowest BCUT2D eigenvalue weighted by Gasteiger charge is -2.23. The van der Waals surface area contributed by atoms with Crippen molar-refractivity contribution in [3.63, 3.8) is 0 Å². The number of rotatable bonds is 5. The molecule has 1 aliphatic heterocycles. The minimum Gasteiger partial charge on any atom is -0.393 e. The molecule has 0 aromatic heterocycles. The van der Waals surface area contributed by atoms with Gasteiger partial charge in [0.2, 0.25) is 5.91 Å². The molecule has 1 atom stereocenters. The Morgan fingerprint density at radius 2 is 2.18 bits per heavy atom. The molecular weight excluding hydrogens is 260 g/mol. The summed E-state index contributed by atoms with van der Waals surface area (Å²) >= 11 is 4.76. The van der Waals surface area contributed by atoms with E-state index in [-0.39, 0.29) is 23.3 Å². The Morgan fingerprint density at radius 1 is 1.53 bits per heavy atom. The number of amides is 1. The van der Waals surface area contributed by atoms with Crippen molar-refractivity contribution in [2.24, 2.45) is 11.7 Å². The van der Waals surface area contributed by atoms with Crippen molar-refractivity contribution in [1.29, 1.82) is 0 Å². The molecule has 0 spiro atoms. The zero-order chi connectivity index (χ0) is 13.1. The molecule has 1 fully saturated rings. The monoisotopic (exact) mass is 278 g/mol. The summed E-state index contributed by atoms with van der Waals surface area (Å²) in [5.74, 6) is -0.373. The fraction of sp³-hybridized carbons (Fsp3) is 0.800. The Morgan fingerprint density at radius 3 is 2.59 bits per heavy atom. The summed E-state index contributed by atoms with van der Waals surface area (Å²) in [4.78, 5) is 14.1. The van der Waals surface area contributed by atoms with Gasteiger partial charge in [0.25, 0.3) is 0 Å². The van der Waals surface area contributed by atoms with Gasteiger partial charge in [0.15, 0.2) is 9.84 Å². The van der Waals surface area contributed by atoms with E-state index >= 15 is 0 Å². The average Bonchev–Trinajstić information content (AvgIpc) is 2.59. The smallest absolute Gasteiger partial charge is 0.226 e. The molecular formula is C10H18N2O3S2. The summed E-state index contributed by atoms with van der Waals surface area (Å²) in [6.07, 6.45) is 0.916. The molecule has 0 aliphatic carbocycles. The number of nitrogens with zero attached hydrogens (tertiary/aromatic N) is 1. The molecule has 1 aliphatic rings. The van der Waals surface area contributed by atoms with Gasteiger partial charge < -0.3 is 10.6 Å². The van der Waals surface area contributed by atoms with Gasteiger partial charge in [-0.05, 0) is 13.3 Å². The highest BCUT2D eigenvalue weighted by atomic mass is 32.2. The van der Waals surface area contributed by atoms with E-state index in [1.54, 1.807) is 4.90 Å². The summed E-state index contributed by atoms with van der Waals surface area (Å²) in [6, 6.07) is 0. The second-order valence-corrected chi connectivity index (χ2v) is 6.99. The zero-order valence-corrected chi connectivity index (χ0v) is 11.5. The zero-order valence-electron chi connectivity index (χ0n) is 9.89. The summed E-state index contributed by atoms with van der Waals surface area (Å²) in [5, 5.41) is 0. The minimum atomic E-state index is -3.01. The molecule has 0 bridgehead atoms. The van der Waals surface area contributed by atoms with Gasteiger partial charge in [0.05, 0.1) is 22.4 Å². The maximum Gasteiger partial charge on any atom is 0.226 e. The van der Waals surface area contributed by atoms with Crippen molar-refractivity contribution in [3.8, 4) is 0 Å². The first kappa shape index (κ1) is 14.4. The number of thiocarbonyl (C=S) groups is 1. The molecule has 0 radical (unpaired) electrons. The summed E-state index contributed by atoms with van der Waals surface area (Å²) in [6.45, 7) is 2.89. The van der Waals surface area contributed by atoms with Gasteiger partial charge in [-0.25, -0.2) is 8.42 Å². The Kier molecular flexibility index (Phi) is 4.88. The van der Waals surface area contributed by atoms with Gasteiger partial charge in [0, 0.05) is 19.5 Å². The van der Waals surface area contributed by atoms with Crippen molar-refractivity contribution in [1.82, 2.24) is 4.90 Å². The van der Waals surface area contributed by atoms with E-state index in [1.807, 2.05) is 6.92 Å². The second-order valence-electron chi connectivity index (χ2n) is 4.23. The molecule has 7 heteroatoms. The van der Waals surface area contributed by atoms with Crippen LogP contribution in [-0.2, 0) is 14.6 Å². The Bertz CT molecular complexity index is 406. The Hall–Kier alpha value is -0.690. The highest BCUT2D eigenvalue weighted by molar-refractivity contribution is 7.91. The maximum absolute atomic E-state index is 12.1. The third kappa shape index (κ3) is 4.23. The van der Waals surface area contributed by atoms with Crippen molar-refractivity contribution in [2.45, 2.75) is 19.8 Å². The van der Waals surface area contributed by atoms with Gasteiger partial charge in [0.1, 0.15) is 0 Å². The topological polar surface area (TPSA) is 80.5 Å². The van der Waals surface area contributed by atoms with Crippen LogP contribution in [0.25, 0.3) is 0 Å². The lowest BCUT2D eigenvalue weighted by molar-refractivity contribution is -0.134. The lowest BCUT2D eigenvalue weighted by atomic mass is 10.1. The number of hydrogen-bond donors (Lipinski definition) is 1. The number of nitrogens with two attached hydrogens (primary N) is 1. The summed E-state index contributed by atoms with van der Waals surface area (Å²) in [5.41, 5.74) is 5.39. The maximum atomic E-state index is 12.1. The number of carbonyl (C=O) groups is 1. The van der Waals surface area contributed by atoms with E-state index in [4.69, 9.17) is 18.0 Å². The number of hydrogen-bond acceptors (Lipinski definition) is 4. The molecule has 0 saturated carbocycles. The number of sulfone groups is 1. The normalized spacial score (nSPS) is 22.3. The van der Waals surface area contributed by atoms with Crippen molar-refractivity contribution < 1.29 is 13.2 Å². The fourth-order valence-electron chi connectivity index (χ4n) is 1.92.